The number of nitrogens with one attached hydrogen (secondary N) is 2. The van der Waals surface area contributed by atoms with Crippen LogP contribution >= 0.6 is 0 Å². The van der Waals surface area contributed by atoms with Gasteiger partial charge in [0.15, 0.2) is 0 Å². The summed E-state index contributed by atoms with van der Waals surface area (Å²) < 4.78 is 0. The number of fused-ring (bicyclic) bond motifs is 1. The number of hydrogen-bond donors (Lipinski definition) is 2. The van der Waals surface area contributed by atoms with E-state index in [1.807, 2.05) is 6.07 Å². The van der Waals surface area contributed by atoms with E-state index in [1.165, 1.54) is 11.3 Å². The topological polar surface area (TPSA) is 61.4 Å². The number of urea groups is 1. The molecule has 2 N–H and O–H groups in total. The number of rotatable bonds is 1. The summed E-state index contributed by atoms with van der Waals surface area (Å²) in [6.07, 6.45) is 2.79. The molecule has 1 unspecified atom stereocenters. The molecule has 5 nitrogen and oxygen atoms in total. The lowest BCUT2D eigenvalue weighted by atomic mass is 9.80. The normalized spacial score (nSPS) is 25.0. The van der Waals surface area contributed by atoms with Gasteiger partial charge in [-0.1, -0.05) is 13.0 Å². The van der Waals surface area contributed by atoms with Crippen LogP contribution in [0.2, 0.25) is 0 Å². The summed E-state index contributed by atoms with van der Waals surface area (Å²) in [6.45, 7) is 6.73. The van der Waals surface area contributed by atoms with Crippen LogP contribution in [0.5, 0.6) is 0 Å². The molecule has 2 aliphatic heterocycles. The summed E-state index contributed by atoms with van der Waals surface area (Å²) >= 11 is 0. The lowest BCUT2D eigenvalue weighted by Crippen LogP contribution is -2.45. The highest BCUT2D eigenvalue weighted by Crippen LogP contribution is 2.42. The van der Waals surface area contributed by atoms with Gasteiger partial charge in [0, 0.05) is 18.3 Å². The quantitative estimate of drug-likeness (QED) is 0.619. The minimum atomic E-state index is -0.468. The Kier molecular flexibility index (Phi) is 3.24. The molecule has 0 aromatic heterocycles. The molecule has 1 aromatic rings. The Labute approximate surface area is 130 Å². The predicted octanol–water partition coefficient (Wildman–Crippen LogP) is 2.59. The van der Waals surface area contributed by atoms with E-state index < -0.39 is 6.03 Å². The summed E-state index contributed by atoms with van der Waals surface area (Å²) in [5.41, 5.74) is 3.85. The molecule has 116 valence electrons. The van der Waals surface area contributed by atoms with Crippen molar-refractivity contribution in [3.63, 3.8) is 0 Å². The molecule has 2 heterocycles. The van der Waals surface area contributed by atoms with Crippen molar-refractivity contribution in [1.82, 2.24) is 10.6 Å². The maximum atomic E-state index is 11.6. The molecule has 1 atom stereocenters. The van der Waals surface area contributed by atoms with Gasteiger partial charge in [-0.25, -0.2) is 4.79 Å². The highest BCUT2D eigenvalue weighted by molar-refractivity contribution is 6.14. The highest BCUT2D eigenvalue weighted by atomic mass is 16.2. The Bertz CT molecular complexity index is 691. The first-order valence-corrected chi connectivity index (χ1v) is 7.50. The van der Waals surface area contributed by atoms with Gasteiger partial charge in [-0.05, 0) is 55.5 Å². The molecule has 0 spiro atoms. The van der Waals surface area contributed by atoms with E-state index in [0.717, 1.165) is 12.0 Å². The standard InChI is InChI=1S/C17H21N3O2/c1-10-9-17(2,3)20(4)14-6-5-11(7-12(10)14)8-13-15(21)19-16(22)18-13/h5-8,10H,9H2,1-4H3,(H2,18,19,21,22)/b13-8-. The lowest BCUT2D eigenvalue weighted by Gasteiger charge is -2.45. The molecule has 3 rings (SSSR count). The zero-order chi connectivity index (χ0) is 16.1. The smallest absolute Gasteiger partial charge is 0.326 e. The Balaban J connectivity index is 1.98. The zero-order valence-electron chi connectivity index (χ0n) is 13.4. The number of amides is 3. The number of anilines is 1. The van der Waals surface area contributed by atoms with Crippen molar-refractivity contribution in [1.29, 1.82) is 0 Å². The number of nitrogens with zero attached hydrogens (tertiary/aromatic N) is 1. The lowest BCUT2D eigenvalue weighted by molar-refractivity contribution is -0.115. The van der Waals surface area contributed by atoms with Crippen LogP contribution in [0, 0.1) is 0 Å². The number of carbonyl (C=O) groups excluding carboxylic acids is 2. The van der Waals surface area contributed by atoms with Gasteiger partial charge in [0.25, 0.3) is 5.91 Å². The Morgan fingerprint density at radius 2 is 2.00 bits per heavy atom. The van der Waals surface area contributed by atoms with Crippen molar-refractivity contribution in [2.75, 3.05) is 11.9 Å². The van der Waals surface area contributed by atoms with E-state index in [4.69, 9.17) is 0 Å². The minimum absolute atomic E-state index is 0.131. The monoisotopic (exact) mass is 299 g/mol. The fraction of sp³-hybridized carbons (Fsp3) is 0.412. The summed E-state index contributed by atoms with van der Waals surface area (Å²) in [5.74, 6) is 0.0700. The summed E-state index contributed by atoms with van der Waals surface area (Å²) in [7, 11) is 2.12. The van der Waals surface area contributed by atoms with E-state index in [-0.39, 0.29) is 11.4 Å². The third-order valence-corrected chi connectivity index (χ3v) is 4.69. The van der Waals surface area contributed by atoms with Crippen LogP contribution in [0.15, 0.2) is 23.9 Å². The second-order valence-corrected chi connectivity index (χ2v) is 6.76. The summed E-state index contributed by atoms with van der Waals surface area (Å²) in [5, 5.41) is 4.73. The second kappa shape index (κ2) is 4.87. The SMILES string of the molecule is CC1CC(C)(C)N(C)c2ccc(/C=C3\NC(=O)NC3=O)cc21. The number of hydrogen-bond acceptors (Lipinski definition) is 3. The molecular formula is C17H21N3O2. The summed E-state index contributed by atoms with van der Waals surface area (Å²) in [4.78, 5) is 25.1. The average Bonchev–Trinajstić information content (AvgIpc) is 2.74. The van der Waals surface area contributed by atoms with Crippen LogP contribution in [-0.4, -0.2) is 24.5 Å². The first-order chi connectivity index (χ1) is 10.3. The molecule has 0 radical (unpaired) electrons. The van der Waals surface area contributed by atoms with Crippen molar-refractivity contribution in [3.05, 3.63) is 35.0 Å². The van der Waals surface area contributed by atoms with E-state index in [2.05, 4.69) is 55.5 Å². The molecule has 1 saturated heterocycles. The maximum absolute atomic E-state index is 11.6. The minimum Gasteiger partial charge on any atom is -0.369 e. The molecule has 5 heteroatoms. The molecule has 2 aliphatic rings. The van der Waals surface area contributed by atoms with Crippen molar-refractivity contribution in [2.45, 2.75) is 38.6 Å². The van der Waals surface area contributed by atoms with Crippen LogP contribution in [0.4, 0.5) is 10.5 Å². The van der Waals surface area contributed by atoms with E-state index >= 15 is 0 Å². The maximum Gasteiger partial charge on any atom is 0.326 e. The Hall–Kier alpha value is -2.30. The largest absolute Gasteiger partial charge is 0.369 e. The molecule has 1 fully saturated rings. The highest BCUT2D eigenvalue weighted by Gasteiger charge is 2.34. The number of imide groups is 1. The Morgan fingerprint density at radius 1 is 1.27 bits per heavy atom. The van der Waals surface area contributed by atoms with Crippen LogP contribution in [0.25, 0.3) is 6.08 Å². The first kappa shape index (κ1) is 14.6. The van der Waals surface area contributed by atoms with Crippen LogP contribution in [0.3, 0.4) is 0 Å². The molecular weight excluding hydrogens is 278 g/mol. The van der Waals surface area contributed by atoms with Gasteiger partial charge in [-0.15, -0.1) is 0 Å². The summed E-state index contributed by atoms with van der Waals surface area (Å²) in [6, 6.07) is 5.71. The number of carbonyl (C=O) groups is 2. The van der Waals surface area contributed by atoms with Crippen molar-refractivity contribution in [2.24, 2.45) is 0 Å². The molecule has 3 amide bonds. The van der Waals surface area contributed by atoms with Gasteiger partial charge in [0.2, 0.25) is 0 Å². The molecule has 22 heavy (non-hydrogen) atoms. The molecule has 0 saturated carbocycles. The van der Waals surface area contributed by atoms with E-state index in [0.29, 0.717) is 11.6 Å². The van der Waals surface area contributed by atoms with Crippen molar-refractivity contribution in [3.8, 4) is 0 Å². The number of benzene rings is 1. The van der Waals surface area contributed by atoms with Gasteiger partial charge < -0.3 is 10.2 Å². The fourth-order valence-corrected chi connectivity index (χ4v) is 3.33. The van der Waals surface area contributed by atoms with E-state index in [1.54, 1.807) is 6.08 Å². The average molecular weight is 299 g/mol. The van der Waals surface area contributed by atoms with E-state index in [9.17, 15) is 9.59 Å². The second-order valence-electron chi connectivity index (χ2n) is 6.76. The van der Waals surface area contributed by atoms with Gasteiger partial charge in [0.05, 0.1) is 0 Å². The fourth-order valence-electron chi connectivity index (χ4n) is 3.33. The third kappa shape index (κ3) is 2.36. The molecule has 0 aliphatic carbocycles. The molecule has 1 aromatic carbocycles. The van der Waals surface area contributed by atoms with Gasteiger partial charge in [0.1, 0.15) is 5.70 Å². The van der Waals surface area contributed by atoms with Crippen molar-refractivity contribution < 1.29 is 9.59 Å². The predicted molar refractivity (Wildman–Crippen MR) is 86.6 cm³/mol. The third-order valence-electron chi connectivity index (χ3n) is 4.69. The van der Waals surface area contributed by atoms with Gasteiger partial charge in [-0.3, -0.25) is 10.1 Å². The van der Waals surface area contributed by atoms with Crippen LogP contribution in [0.1, 0.15) is 44.2 Å². The first-order valence-electron chi connectivity index (χ1n) is 7.50. The van der Waals surface area contributed by atoms with Crippen LogP contribution in [-0.2, 0) is 4.79 Å². The molecule has 0 bridgehead atoms. The van der Waals surface area contributed by atoms with Crippen molar-refractivity contribution >= 4 is 23.7 Å². The van der Waals surface area contributed by atoms with Gasteiger partial charge in [-0.2, -0.15) is 0 Å². The van der Waals surface area contributed by atoms with Gasteiger partial charge >= 0.3 is 6.03 Å². The van der Waals surface area contributed by atoms with Crippen LogP contribution < -0.4 is 15.5 Å². The zero-order valence-corrected chi connectivity index (χ0v) is 13.4. The Morgan fingerprint density at radius 3 is 2.64 bits per heavy atom.